The van der Waals surface area contributed by atoms with Gasteiger partial charge in [-0.1, -0.05) is 6.92 Å². The van der Waals surface area contributed by atoms with E-state index in [1.165, 1.54) is 0 Å². The molecule has 2 fully saturated rings. The third-order valence-corrected chi connectivity index (χ3v) is 4.06. The lowest BCUT2D eigenvalue weighted by molar-refractivity contribution is -0.136. The van der Waals surface area contributed by atoms with E-state index in [9.17, 15) is 9.59 Å². The summed E-state index contributed by atoms with van der Waals surface area (Å²) in [7, 11) is 0. The van der Waals surface area contributed by atoms with E-state index in [-0.39, 0.29) is 23.7 Å². The molecule has 0 aromatic carbocycles. The summed E-state index contributed by atoms with van der Waals surface area (Å²) in [4.78, 5) is 26.1. The molecule has 1 atom stereocenters. The van der Waals surface area contributed by atoms with Crippen LogP contribution >= 0.6 is 0 Å². The highest BCUT2D eigenvalue weighted by molar-refractivity contribution is 5.83. The summed E-state index contributed by atoms with van der Waals surface area (Å²) in [6.07, 6.45) is 5.03. The smallest absolute Gasteiger partial charge is 0.225 e. The molecular weight excluding hydrogens is 254 g/mol. The minimum atomic E-state index is -0.0161. The fraction of sp³-hybridized carbons (Fsp3) is 0.867. The van der Waals surface area contributed by atoms with E-state index in [0.29, 0.717) is 13.1 Å². The molecule has 0 aromatic heterocycles. The summed E-state index contributed by atoms with van der Waals surface area (Å²) in [5.74, 6) is 0.622. The van der Waals surface area contributed by atoms with E-state index >= 15 is 0 Å². The molecule has 0 spiro atoms. The molecule has 1 saturated carbocycles. The summed E-state index contributed by atoms with van der Waals surface area (Å²) < 4.78 is 0. The monoisotopic (exact) mass is 281 g/mol. The third kappa shape index (κ3) is 4.47. The van der Waals surface area contributed by atoms with Crippen LogP contribution in [0.5, 0.6) is 0 Å². The van der Waals surface area contributed by atoms with Crippen molar-refractivity contribution in [3.05, 3.63) is 0 Å². The molecule has 114 valence electrons. The second kappa shape index (κ2) is 7.62. The van der Waals surface area contributed by atoms with Gasteiger partial charge >= 0.3 is 0 Å². The van der Waals surface area contributed by atoms with Crippen LogP contribution in [0.4, 0.5) is 0 Å². The fourth-order valence-corrected chi connectivity index (χ4v) is 2.70. The largest absolute Gasteiger partial charge is 0.355 e. The van der Waals surface area contributed by atoms with Crippen LogP contribution in [0.15, 0.2) is 0 Å². The Balaban J connectivity index is 1.68. The third-order valence-electron chi connectivity index (χ3n) is 4.06. The van der Waals surface area contributed by atoms with E-state index in [1.807, 2.05) is 4.90 Å². The number of nitrogens with one attached hydrogen (secondary N) is 2. The van der Waals surface area contributed by atoms with Crippen LogP contribution in [-0.2, 0) is 9.59 Å². The van der Waals surface area contributed by atoms with Gasteiger partial charge in [-0.05, 0) is 38.6 Å². The number of piperidine rings is 1. The minimum Gasteiger partial charge on any atom is -0.355 e. The zero-order chi connectivity index (χ0) is 14.4. The molecule has 2 aliphatic rings. The van der Waals surface area contributed by atoms with Crippen LogP contribution in [0, 0.1) is 11.8 Å². The first-order valence-electron chi connectivity index (χ1n) is 7.99. The molecular formula is C15H27N3O2. The van der Waals surface area contributed by atoms with Crippen molar-refractivity contribution in [3.8, 4) is 0 Å². The number of carbonyl (C=O) groups excluding carboxylic acids is 2. The van der Waals surface area contributed by atoms with E-state index in [4.69, 9.17) is 0 Å². The van der Waals surface area contributed by atoms with Crippen molar-refractivity contribution >= 4 is 11.8 Å². The van der Waals surface area contributed by atoms with Crippen molar-refractivity contribution in [2.75, 3.05) is 32.7 Å². The van der Waals surface area contributed by atoms with Crippen molar-refractivity contribution in [2.24, 2.45) is 11.8 Å². The zero-order valence-electron chi connectivity index (χ0n) is 12.5. The lowest BCUT2D eigenvalue weighted by Gasteiger charge is -2.32. The highest BCUT2D eigenvalue weighted by Gasteiger charge is 2.36. The minimum absolute atomic E-state index is 0.0161. The van der Waals surface area contributed by atoms with Gasteiger partial charge in [0.1, 0.15) is 0 Å². The molecule has 2 rings (SSSR count). The molecule has 5 nitrogen and oxygen atoms in total. The van der Waals surface area contributed by atoms with E-state index in [0.717, 1.165) is 51.7 Å². The van der Waals surface area contributed by atoms with Crippen LogP contribution in [0.25, 0.3) is 0 Å². The van der Waals surface area contributed by atoms with Crippen LogP contribution in [0.2, 0.25) is 0 Å². The molecule has 0 radical (unpaired) electrons. The SMILES string of the molecule is CCCNCCNC(=O)C1CCCN(C(=O)C2CC2)C1. The Bertz CT molecular complexity index is 342. The average molecular weight is 281 g/mol. The van der Waals surface area contributed by atoms with Crippen LogP contribution in [0.1, 0.15) is 39.0 Å². The Morgan fingerprint density at radius 1 is 1.10 bits per heavy atom. The normalized spacial score (nSPS) is 22.6. The summed E-state index contributed by atoms with van der Waals surface area (Å²) in [6, 6.07) is 0. The van der Waals surface area contributed by atoms with Gasteiger partial charge in [-0.2, -0.15) is 0 Å². The maximum Gasteiger partial charge on any atom is 0.225 e. The van der Waals surface area contributed by atoms with Crippen LogP contribution in [0.3, 0.4) is 0 Å². The molecule has 1 unspecified atom stereocenters. The number of hydrogen-bond donors (Lipinski definition) is 2. The number of nitrogens with zero attached hydrogens (tertiary/aromatic N) is 1. The maximum atomic E-state index is 12.1. The van der Waals surface area contributed by atoms with Gasteiger partial charge < -0.3 is 15.5 Å². The Kier molecular flexibility index (Phi) is 5.83. The lowest BCUT2D eigenvalue weighted by atomic mass is 9.96. The molecule has 1 heterocycles. The maximum absolute atomic E-state index is 12.1. The van der Waals surface area contributed by atoms with E-state index in [2.05, 4.69) is 17.6 Å². The lowest BCUT2D eigenvalue weighted by Crippen LogP contribution is -2.46. The van der Waals surface area contributed by atoms with Gasteiger partial charge in [-0.25, -0.2) is 0 Å². The molecule has 1 aliphatic heterocycles. The Hall–Kier alpha value is -1.10. The fourth-order valence-electron chi connectivity index (χ4n) is 2.70. The topological polar surface area (TPSA) is 61.4 Å². The molecule has 0 bridgehead atoms. The van der Waals surface area contributed by atoms with Crippen molar-refractivity contribution in [2.45, 2.75) is 39.0 Å². The van der Waals surface area contributed by atoms with Crippen LogP contribution < -0.4 is 10.6 Å². The van der Waals surface area contributed by atoms with Gasteiger partial charge in [0.05, 0.1) is 5.92 Å². The number of rotatable bonds is 7. The number of amides is 2. The van der Waals surface area contributed by atoms with Crippen LogP contribution in [-0.4, -0.2) is 49.4 Å². The van der Waals surface area contributed by atoms with Gasteiger partial charge in [0.15, 0.2) is 0 Å². The number of likely N-dealkylation sites (tertiary alicyclic amines) is 1. The molecule has 1 saturated heterocycles. The highest BCUT2D eigenvalue weighted by Crippen LogP contribution is 2.32. The first-order valence-corrected chi connectivity index (χ1v) is 7.99. The average Bonchev–Trinajstić information content (AvgIpc) is 3.31. The predicted molar refractivity (Wildman–Crippen MR) is 78.2 cm³/mol. The number of carbonyl (C=O) groups is 2. The van der Waals surface area contributed by atoms with Gasteiger partial charge in [0.25, 0.3) is 0 Å². The summed E-state index contributed by atoms with van der Waals surface area (Å²) in [6.45, 7) is 6.05. The first-order chi connectivity index (χ1) is 9.72. The Morgan fingerprint density at radius 2 is 1.90 bits per heavy atom. The predicted octanol–water partition coefficient (Wildman–Crippen LogP) is 0.751. The Morgan fingerprint density at radius 3 is 2.60 bits per heavy atom. The Labute approximate surface area is 121 Å². The molecule has 2 N–H and O–H groups in total. The standard InChI is InChI=1S/C15H27N3O2/c1-2-7-16-8-9-17-14(19)13-4-3-10-18(11-13)15(20)12-5-6-12/h12-13,16H,2-11H2,1H3,(H,17,19). The van der Waals surface area contributed by atoms with Gasteiger partial charge in [-0.3, -0.25) is 9.59 Å². The second-order valence-electron chi connectivity index (χ2n) is 5.94. The van der Waals surface area contributed by atoms with Crippen molar-refractivity contribution in [1.82, 2.24) is 15.5 Å². The van der Waals surface area contributed by atoms with Gasteiger partial charge in [0, 0.05) is 32.1 Å². The second-order valence-corrected chi connectivity index (χ2v) is 5.94. The summed E-state index contributed by atoms with van der Waals surface area (Å²) in [5, 5.41) is 6.24. The van der Waals surface area contributed by atoms with Crippen molar-refractivity contribution in [3.63, 3.8) is 0 Å². The summed E-state index contributed by atoms with van der Waals surface area (Å²) in [5.41, 5.74) is 0. The van der Waals surface area contributed by atoms with E-state index in [1.54, 1.807) is 0 Å². The molecule has 1 aliphatic carbocycles. The van der Waals surface area contributed by atoms with Gasteiger partial charge in [-0.15, -0.1) is 0 Å². The zero-order valence-corrected chi connectivity index (χ0v) is 12.5. The molecule has 0 aromatic rings. The first kappa shape index (κ1) is 15.3. The summed E-state index contributed by atoms with van der Waals surface area (Å²) >= 11 is 0. The van der Waals surface area contributed by atoms with Crippen molar-refractivity contribution in [1.29, 1.82) is 0 Å². The number of hydrogen-bond acceptors (Lipinski definition) is 3. The molecule has 20 heavy (non-hydrogen) atoms. The molecule has 5 heteroatoms. The molecule has 2 amide bonds. The van der Waals surface area contributed by atoms with Gasteiger partial charge in [0.2, 0.25) is 11.8 Å². The van der Waals surface area contributed by atoms with E-state index < -0.39 is 0 Å². The highest BCUT2D eigenvalue weighted by atomic mass is 16.2. The quantitative estimate of drug-likeness (QED) is 0.677. The van der Waals surface area contributed by atoms with Crippen molar-refractivity contribution < 1.29 is 9.59 Å².